The number of anilines is 1. The number of nitrogens with one attached hydrogen (secondary N) is 2. The van der Waals surface area contributed by atoms with Gasteiger partial charge in [-0.05, 0) is 31.4 Å². The summed E-state index contributed by atoms with van der Waals surface area (Å²) in [5.74, 6) is 0.847. The number of ether oxygens (including phenoxy) is 1. The van der Waals surface area contributed by atoms with E-state index in [-0.39, 0.29) is 17.6 Å². The van der Waals surface area contributed by atoms with Gasteiger partial charge in [0, 0.05) is 17.1 Å². The van der Waals surface area contributed by atoms with E-state index < -0.39 is 0 Å². The molecule has 0 heterocycles. The molecule has 1 aromatic carbocycles. The third-order valence-corrected chi connectivity index (χ3v) is 5.28. The largest absolute Gasteiger partial charge is 0.495 e. The van der Waals surface area contributed by atoms with Crippen molar-refractivity contribution < 1.29 is 14.3 Å². The molecule has 2 N–H and O–H groups in total. The fraction of sp³-hybridized carbons (Fsp3) is 0.529. The highest BCUT2D eigenvalue weighted by atomic mass is 35.5. The highest BCUT2D eigenvalue weighted by Gasteiger charge is 2.17. The van der Waals surface area contributed by atoms with Crippen molar-refractivity contribution in [3.63, 3.8) is 0 Å². The molecule has 0 saturated heterocycles. The molecule has 2 rings (SSSR count). The van der Waals surface area contributed by atoms with Crippen molar-refractivity contribution in [3.8, 4) is 5.75 Å². The van der Waals surface area contributed by atoms with Gasteiger partial charge in [0.1, 0.15) is 5.75 Å². The van der Waals surface area contributed by atoms with Gasteiger partial charge in [-0.15, -0.1) is 11.8 Å². The average molecular weight is 371 g/mol. The third kappa shape index (κ3) is 5.60. The molecule has 1 fully saturated rings. The van der Waals surface area contributed by atoms with Crippen LogP contribution < -0.4 is 15.4 Å². The van der Waals surface area contributed by atoms with Gasteiger partial charge in [-0.3, -0.25) is 9.59 Å². The molecule has 1 aliphatic carbocycles. The molecule has 0 atom stereocenters. The molecule has 0 aromatic heterocycles. The summed E-state index contributed by atoms with van der Waals surface area (Å²) in [7, 11) is 1.53. The Morgan fingerprint density at radius 2 is 1.92 bits per heavy atom. The molecule has 132 valence electrons. The quantitative estimate of drug-likeness (QED) is 0.772. The van der Waals surface area contributed by atoms with Crippen LogP contribution >= 0.6 is 23.4 Å². The van der Waals surface area contributed by atoms with E-state index in [1.165, 1.54) is 31.7 Å². The van der Waals surface area contributed by atoms with Crippen LogP contribution in [-0.2, 0) is 9.59 Å². The van der Waals surface area contributed by atoms with Gasteiger partial charge in [0.15, 0.2) is 0 Å². The molecule has 1 aromatic rings. The minimum absolute atomic E-state index is 0.000354. The lowest BCUT2D eigenvalue weighted by Gasteiger charge is -2.13. The minimum Gasteiger partial charge on any atom is -0.495 e. The molecule has 0 radical (unpaired) electrons. The third-order valence-electron chi connectivity index (χ3n) is 3.94. The number of methoxy groups -OCH3 is 1. The Kier molecular flexibility index (Phi) is 7.24. The fourth-order valence-corrected chi connectivity index (χ4v) is 3.47. The topological polar surface area (TPSA) is 67.4 Å². The van der Waals surface area contributed by atoms with Crippen LogP contribution in [0, 0.1) is 6.92 Å². The van der Waals surface area contributed by atoms with Crippen LogP contribution in [0.15, 0.2) is 12.1 Å². The highest BCUT2D eigenvalue weighted by molar-refractivity contribution is 8.00. The predicted octanol–water partition coefficient (Wildman–Crippen LogP) is 3.39. The van der Waals surface area contributed by atoms with Crippen molar-refractivity contribution in [2.45, 2.75) is 38.6 Å². The number of aryl methyl sites for hydroxylation is 1. The van der Waals surface area contributed by atoms with E-state index >= 15 is 0 Å². The first-order valence-corrected chi connectivity index (χ1v) is 9.54. The number of carbonyl (C=O) groups excluding carboxylic acids is 2. The predicted molar refractivity (Wildman–Crippen MR) is 99.1 cm³/mol. The zero-order chi connectivity index (χ0) is 17.5. The normalized spacial score (nSPS) is 14.5. The second kappa shape index (κ2) is 9.18. The van der Waals surface area contributed by atoms with Crippen LogP contribution in [0.3, 0.4) is 0 Å². The molecule has 0 aliphatic heterocycles. The van der Waals surface area contributed by atoms with Gasteiger partial charge < -0.3 is 15.4 Å². The molecule has 0 unspecified atom stereocenters. The summed E-state index contributed by atoms with van der Waals surface area (Å²) in [6, 6.07) is 3.76. The molecule has 1 saturated carbocycles. The van der Waals surface area contributed by atoms with Gasteiger partial charge in [0.05, 0.1) is 24.3 Å². The first-order chi connectivity index (χ1) is 11.5. The smallest absolute Gasteiger partial charge is 0.234 e. The van der Waals surface area contributed by atoms with Gasteiger partial charge >= 0.3 is 0 Å². The maximum atomic E-state index is 12.1. The summed E-state index contributed by atoms with van der Waals surface area (Å²) in [6.45, 7) is 1.86. The first kappa shape index (κ1) is 18.9. The number of rotatable bonds is 7. The number of hydrogen-bond acceptors (Lipinski definition) is 4. The Morgan fingerprint density at radius 3 is 2.58 bits per heavy atom. The lowest BCUT2D eigenvalue weighted by atomic mass is 10.2. The fourth-order valence-electron chi connectivity index (χ4n) is 2.69. The zero-order valence-electron chi connectivity index (χ0n) is 14.0. The lowest BCUT2D eigenvalue weighted by molar-refractivity contribution is -0.119. The number of benzene rings is 1. The van der Waals surface area contributed by atoms with E-state index in [2.05, 4.69) is 10.6 Å². The molecule has 24 heavy (non-hydrogen) atoms. The highest BCUT2D eigenvalue weighted by Crippen LogP contribution is 2.31. The summed E-state index contributed by atoms with van der Waals surface area (Å²) in [5, 5.41) is 6.40. The Bertz CT molecular complexity index is 604. The van der Waals surface area contributed by atoms with Crippen molar-refractivity contribution in [1.29, 1.82) is 0 Å². The van der Waals surface area contributed by atoms with Gasteiger partial charge in [-0.2, -0.15) is 0 Å². The van der Waals surface area contributed by atoms with E-state index in [1.54, 1.807) is 12.1 Å². The summed E-state index contributed by atoms with van der Waals surface area (Å²) in [6.07, 6.45) is 4.49. The molecular weight excluding hydrogens is 348 g/mol. The van der Waals surface area contributed by atoms with E-state index in [1.807, 2.05) is 6.92 Å². The van der Waals surface area contributed by atoms with E-state index in [0.29, 0.717) is 28.3 Å². The van der Waals surface area contributed by atoms with Crippen molar-refractivity contribution in [2.24, 2.45) is 0 Å². The molecule has 0 bridgehead atoms. The van der Waals surface area contributed by atoms with Crippen molar-refractivity contribution in [1.82, 2.24) is 5.32 Å². The van der Waals surface area contributed by atoms with Gasteiger partial charge in [-0.1, -0.05) is 24.4 Å². The number of thioether (sulfide) groups is 1. The van der Waals surface area contributed by atoms with Gasteiger partial charge in [-0.25, -0.2) is 0 Å². The van der Waals surface area contributed by atoms with Crippen molar-refractivity contribution in [3.05, 3.63) is 22.7 Å². The molecule has 0 spiro atoms. The monoisotopic (exact) mass is 370 g/mol. The van der Waals surface area contributed by atoms with Gasteiger partial charge in [0.25, 0.3) is 0 Å². The Hall–Kier alpha value is -1.40. The maximum Gasteiger partial charge on any atom is 0.234 e. The molecule has 7 heteroatoms. The van der Waals surface area contributed by atoms with Crippen LogP contribution in [0.25, 0.3) is 0 Å². The Morgan fingerprint density at radius 1 is 1.25 bits per heavy atom. The Labute approximate surface area is 151 Å². The zero-order valence-corrected chi connectivity index (χ0v) is 15.6. The minimum atomic E-state index is -0.173. The second-order valence-corrected chi connectivity index (χ2v) is 7.28. The maximum absolute atomic E-state index is 12.1. The van der Waals surface area contributed by atoms with Crippen LogP contribution in [0.5, 0.6) is 5.75 Å². The number of halogens is 1. The summed E-state index contributed by atoms with van der Waals surface area (Å²) >= 11 is 7.35. The lowest BCUT2D eigenvalue weighted by Crippen LogP contribution is -2.34. The van der Waals surface area contributed by atoms with Crippen molar-refractivity contribution in [2.75, 3.05) is 23.9 Å². The van der Waals surface area contributed by atoms with Crippen LogP contribution in [0.1, 0.15) is 31.2 Å². The van der Waals surface area contributed by atoms with Crippen LogP contribution in [0.2, 0.25) is 5.02 Å². The van der Waals surface area contributed by atoms with Crippen molar-refractivity contribution >= 4 is 40.9 Å². The second-order valence-electron chi connectivity index (χ2n) is 5.89. The number of carbonyl (C=O) groups is 2. The van der Waals surface area contributed by atoms with E-state index in [9.17, 15) is 9.59 Å². The first-order valence-electron chi connectivity index (χ1n) is 8.00. The standard InChI is InChI=1S/C17H23ClN2O3S/c1-11-7-14(15(23-2)8-13(11)18)20-17(22)10-24-9-16(21)19-12-5-3-4-6-12/h7-8,12H,3-6,9-10H2,1-2H3,(H,19,21)(H,20,22). The molecule has 1 aliphatic rings. The van der Waals surface area contributed by atoms with Crippen LogP contribution in [-0.4, -0.2) is 36.5 Å². The number of hydrogen-bond donors (Lipinski definition) is 2. The number of amides is 2. The molecule has 2 amide bonds. The van der Waals surface area contributed by atoms with E-state index in [0.717, 1.165) is 18.4 Å². The Balaban J connectivity index is 1.77. The molecular formula is C17H23ClN2O3S. The average Bonchev–Trinajstić information content (AvgIpc) is 3.03. The summed E-state index contributed by atoms with van der Waals surface area (Å²) in [5.41, 5.74) is 1.44. The van der Waals surface area contributed by atoms with Crippen LogP contribution in [0.4, 0.5) is 5.69 Å². The summed E-state index contributed by atoms with van der Waals surface area (Å²) in [4.78, 5) is 23.9. The van der Waals surface area contributed by atoms with Gasteiger partial charge in [0.2, 0.25) is 11.8 Å². The van der Waals surface area contributed by atoms with E-state index in [4.69, 9.17) is 16.3 Å². The molecule has 5 nitrogen and oxygen atoms in total. The SMILES string of the molecule is COc1cc(Cl)c(C)cc1NC(=O)CSCC(=O)NC1CCCC1. The summed E-state index contributed by atoms with van der Waals surface area (Å²) < 4.78 is 5.23.